The summed E-state index contributed by atoms with van der Waals surface area (Å²) in [6.45, 7) is 0. The Hall–Kier alpha value is -7.84. The highest BCUT2D eigenvalue weighted by molar-refractivity contribution is 7.22. The third-order valence-electron chi connectivity index (χ3n) is 12.2. The van der Waals surface area contributed by atoms with Crippen LogP contribution >= 0.6 is 22.7 Å². The van der Waals surface area contributed by atoms with Crippen LogP contribution in [-0.2, 0) is 0 Å². The number of aromatic nitrogens is 4. The molecule has 0 atom stereocenters. The molecule has 0 bridgehead atoms. The van der Waals surface area contributed by atoms with Crippen molar-refractivity contribution in [2.75, 3.05) is 4.90 Å². The Bertz CT molecular complexity index is 3790. The molecule has 0 fully saturated rings. The maximum absolute atomic E-state index is 5.22. The van der Waals surface area contributed by atoms with Gasteiger partial charge in [-0.25, -0.2) is 19.9 Å². The number of pyridine rings is 2. The fraction of sp³-hybridized carbons (Fsp3) is 0. The van der Waals surface area contributed by atoms with Crippen LogP contribution in [0.1, 0.15) is 0 Å². The van der Waals surface area contributed by atoms with Gasteiger partial charge in [-0.15, -0.1) is 22.7 Å². The number of thiazole rings is 2. The molecule has 9 aromatic carbocycles. The summed E-state index contributed by atoms with van der Waals surface area (Å²) in [5, 5.41) is 13.9. The zero-order chi connectivity index (χ0) is 41.4. The molecule has 0 radical (unpaired) electrons. The van der Waals surface area contributed by atoms with Crippen LogP contribution in [0.15, 0.2) is 200 Å². The van der Waals surface area contributed by atoms with Gasteiger partial charge in [-0.1, -0.05) is 152 Å². The van der Waals surface area contributed by atoms with Gasteiger partial charge in [0.05, 0.1) is 20.4 Å². The lowest BCUT2D eigenvalue weighted by molar-refractivity contribution is 1.14. The Morgan fingerprint density at radius 1 is 0.349 bits per heavy atom. The number of benzene rings is 9. The predicted octanol–water partition coefficient (Wildman–Crippen LogP) is 15.9. The average Bonchev–Trinajstić information content (AvgIpc) is 3.97. The molecule has 0 amide bonds. The van der Waals surface area contributed by atoms with E-state index in [4.69, 9.17) is 19.9 Å². The minimum Gasteiger partial charge on any atom is -0.279 e. The normalized spacial score (nSPS) is 11.8. The third kappa shape index (κ3) is 6.12. The number of nitrogens with zero attached hydrogens (tertiary/aromatic N) is 5. The quantitative estimate of drug-likeness (QED) is 0.156. The van der Waals surface area contributed by atoms with Crippen LogP contribution in [0.5, 0.6) is 0 Å². The van der Waals surface area contributed by atoms with Crippen molar-refractivity contribution in [2.24, 2.45) is 0 Å². The van der Waals surface area contributed by atoms with Gasteiger partial charge in [0.25, 0.3) is 0 Å². The fourth-order valence-corrected chi connectivity index (χ4v) is 11.0. The van der Waals surface area contributed by atoms with Crippen molar-refractivity contribution >= 4 is 114 Å². The van der Waals surface area contributed by atoms with Gasteiger partial charge < -0.3 is 0 Å². The summed E-state index contributed by atoms with van der Waals surface area (Å²) in [5.74, 6) is 1.46. The zero-order valence-corrected chi connectivity index (χ0v) is 35.2. The molecule has 13 aromatic rings. The maximum atomic E-state index is 5.22. The van der Waals surface area contributed by atoms with E-state index in [9.17, 15) is 0 Å². The second kappa shape index (κ2) is 14.4. The van der Waals surface area contributed by atoms with E-state index in [0.717, 1.165) is 64.3 Å². The molecular formula is C56H33N5S2. The molecule has 5 nitrogen and oxygen atoms in total. The zero-order valence-electron chi connectivity index (χ0n) is 33.6. The first-order valence-electron chi connectivity index (χ1n) is 20.9. The molecular weight excluding hydrogens is 807 g/mol. The molecule has 13 rings (SSSR count). The largest absolute Gasteiger partial charge is 0.279 e. The molecule has 7 heteroatoms. The van der Waals surface area contributed by atoms with Crippen molar-refractivity contribution in [2.45, 2.75) is 0 Å². The number of anilines is 3. The van der Waals surface area contributed by atoms with E-state index >= 15 is 0 Å². The molecule has 0 aliphatic rings. The van der Waals surface area contributed by atoms with E-state index in [1.54, 1.807) is 22.7 Å². The van der Waals surface area contributed by atoms with E-state index in [2.05, 4.69) is 193 Å². The molecule has 0 unspecified atom stereocenters. The predicted molar refractivity (Wildman–Crippen MR) is 267 cm³/mol. The van der Waals surface area contributed by atoms with Gasteiger partial charge in [0, 0.05) is 41.3 Å². The molecule has 0 N–H and O–H groups in total. The van der Waals surface area contributed by atoms with Crippen LogP contribution < -0.4 is 4.90 Å². The minimum absolute atomic E-state index is 0.730. The SMILES string of the molecule is c1ccc2cc(-c3ccc4c(ccc5cc(N(c6cc7nc(-c8cccc9ccccc89)sc7cn6)c6cc7nc(-c8cccc9ccccc89)sc7cn6)ccc54)c3)ccc2c1. The summed E-state index contributed by atoms with van der Waals surface area (Å²) in [4.78, 5) is 22.8. The number of fused-ring (bicyclic) bond motifs is 8. The Morgan fingerprint density at radius 3 is 1.44 bits per heavy atom. The first-order valence-corrected chi connectivity index (χ1v) is 22.6. The minimum atomic E-state index is 0.730. The maximum Gasteiger partial charge on any atom is 0.140 e. The smallest absolute Gasteiger partial charge is 0.140 e. The van der Waals surface area contributed by atoms with Crippen LogP contribution in [0, 0.1) is 0 Å². The van der Waals surface area contributed by atoms with Gasteiger partial charge in [0.2, 0.25) is 0 Å². The molecule has 4 heterocycles. The lowest BCUT2D eigenvalue weighted by Gasteiger charge is -2.23. The van der Waals surface area contributed by atoms with Crippen LogP contribution in [-0.4, -0.2) is 19.9 Å². The number of hydrogen-bond donors (Lipinski definition) is 0. The van der Waals surface area contributed by atoms with Gasteiger partial charge in [-0.05, 0) is 89.3 Å². The Morgan fingerprint density at radius 2 is 0.825 bits per heavy atom. The van der Waals surface area contributed by atoms with Crippen molar-refractivity contribution in [1.82, 2.24) is 19.9 Å². The summed E-state index contributed by atoms with van der Waals surface area (Å²) in [6.07, 6.45) is 3.90. The molecule has 0 aliphatic heterocycles. The van der Waals surface area contributed by atoms with E-state index in [1.807, 2.05) is 12.4 Å². The van der Waals surface area contributed by atoms with E-state index in [1.165, 1.54) is 59.6 Å². The fourth-order valence-electron chi connectivity index (χ4n) is 9.07. The molecule has 0 spiro atoms. The summed E-state index contributed by atoms with van der Waals surface area (Å²) >= 11 is 3.33. The van der Waals surface area contributed by atoms with Crippen LogP contribution in [0.4, 0.5) is 17.3 Å². The number of rotatable bonds is 6. The van der Waals surface area contributed by atoms with Gasteiger partial charge in [0.1, 0.15) is 21.7 Å². The van der Waals surface area contributed by atoms with Gasteiger partial charge >= 0.3 is 0 Å². The molecule has 294 valence electrons. The number of hydrogen-bond acceptors (Lipinski definition) is 7. The van der Waals surface area contributed by atoms with Gasteiger partial charge in [0.15, 0.2) is 0 Å². The lowest BCUT2D eigenvalue weighted by Crippen LogP contribution is -2.13. The van der Waals surface area contributed by atoms with Gasteiger partial charge in [-0.2, -0.15) is 0 Å². The van der Waals surface area contributed by atoms with E-state index in [-0.39, 0.29) is 0 Å². The van der Waals surface area contributed by atoms with E-state index < -0.39 is 0 Å². The highest BCUT2D eigenvalue weighted by Gasteiger charge is 2.21. The first kappa shape index (κ1) is 35.9. The van der Waals surface area contributed by atoms with Crippen molar-refractivity contribution in [3.8, 4) is 32.3 Å². The standard InChI is InChI=1S/C56H33N5S2/c1-2-12-37-27-38(20-19-34(37)9-1)39-23-25-45-40(28-39)21-22-41-29-42(24-26-46(41)45)61(53-30-49-51(32-57-53)62-55(59-49)47-17-7-13-35-10-3-5-15-43(35)47)54-31-50-52(33-58-54)63-56(60-50)48-18-8-14-36-11-4-6-16-44(36)48/h1-33H. The summed E-state index contributed by atoms with van der Waals surface area (Å²) in [7, 11) is 0. The molecule has 0 saturated carbocycles. The second-order valence-electron chi connectivity index (χ2n) is 15.9. The molecule has 0 aliphatic carbocycles. The molecule has 0 saturated heterocycles. The van der Waals surface area contributed by atoms with E-state index in [0.29, 0.717) is 0 Å². The van der Waals surface area contributed by atoms with Crippen LogP contribution in [0.2, 0.25) is 0 Å². The van der Waals surface area contributed by atoms with Gasteiger partial charge in [-0.3, -0.25) is 4.90 Å². The first-order chi connectivity index (χ1) is 31.2. The molecule has 63 heavy (non-hydrogen) atoms. The van der Waals surface area contributed by atoms with Crippen molar-refractivity contribution < 1.29 is 0 Å². The monoisotopic (exact) mass is 839 g/mol. The highest BCUT2D eigenvalue weighted by atomic mass is 32.1. The van der Waals surface area contributed by atoms with Crippen LogP contribution in [0.3, 0.4) is 0 Å². The summed E-state index contributed by atoms with van der Waals surface area (Å²) in [5.41, 5.74) is 7.38. The lowest BCUT2D eigenvalue weighted by atomic mass is 9.96. The Labute approximate surface area is 369 Å². The average molecular weight is 840 g/mol. The second-order valence-corrected chi connectivity index (χ2v) is 18.0. The molecule has 4 aromatic heterocycles. The third-order valence-corrected chi connectivity index (χ3v) is 14.3. The summed E-state index contributed by atoms with van der Waals surface area (Å²) in [6, 6.07) is 67.1. The highest BCUT2D eigenvalue weighted by Crippen LogP contribution is 2.42. The Kier molecular flexibility index (Phi) is 8.19. The van der Waals surface area contributed by atoms with Crippen LogP contribution in [0.25, 0.3) is 107 Å². The Balaban J connectivity index is 0.939. The topological polar surface area (TPSA) is 54.8 Å². The van der Waals surface area contributed by atoms with Crippen molar-refractivity contribution in [3.63, 3.8) is 0 Å². The van der Waals surface area contributed by atoms with Crippen molar-refractivity contribution in [3.05, 3.63) is 200 Å². The van der Waals surface area contributed by atoms with Crippen molar-refractivity contribution in [1.29, 1.82) is 0 Å². The summed E-state index contributed by atoms with van der Waals surface area (Å²) < 4.78 is 2.05.